The molecule has 4 nitrogen and oxygen atoms in total. The van der Waals surface area contributed by atoms with Crippen molar-refractivity contribution in [1.82, 2.24) is 9.88 Å². The second kappa shape index (κ2) is 3.94. The molecular formula is C12H17N3O. The van der Waals surface area contributed by atoms with Crippen LogP contribution in [0.25, 0.3) is 0 Å². The SMILES string of the molecule is CN1CCN2c3ncccc3OCC[C@@H]2C1. The molecule has 86 valence electrons. The Balaban J connectivity index is 1.95. The number of hydrogen-bond donors (Lipinski definition) is 0. The normalized spacial score (nSPS) is 25.3. The van der Waals surface area contributed by atoms with Crippen LogP contribution in [0.3, 0.4) is 0 Å². The molecule has 16 heavy (non-hydrogen) atoms. The number of likely N-dealkylation sites (N-methyl/N-ethyl adjacent to an activating group) is 1. The van der Waals surface area contributed by atoms with Crippen LogP contribution in [-0.2, 0) is 0 Å². The van der Waals surface area contributed by atoms with E-state index in [2.05, 4.69) is 21.8 Å². The highest BCUT2D eigenvalue weighted by Gasteiger charge is 2.30. The average molecular weight is 219 g/mol. The van der Waals surface area contributed by atoms with Crippen LogP contribution in [0.5, 0.6) is 5.75 Å². The zero-order valence-electron chi connectivity index (χ0n) is 9.59. The highest BCUT2D eigenvalue weighted by atomic mass is 16.5. The lowest BCUT2D eigenvalue weighted by Crippen LogP contribution is -2.52. The fourth-order valence-corrected chi connectivity index (χ4v) is 2.55. The summed E-state index contributed by atoms with van der Waals surface area (Å²) < 4.78 is 5.75. The van der Waals surface area contributed by atoms with Crippen LogP contribution in [0.2, 0.25) is 0 Å². The van der Waals surface area contributed by atoms with Crippen molar-refractivity contribution >= 4 is 5.82 Å². The van der Waals surface area contributed by atoms with Gasteiger partial charge in [-0.2, -0.15) is 0 Å². The molecule has 2 aliphatic rings. The Hall–Kier alpha value is -1.29. The molecule has 1 fully saturated rings. The highest BCUT2D eigenvalue weighted by Crippen LogP contribution is 2.31. The van der Waals surface area contributed by atoms with Crippen LogP contribution in [0.15, 0.2) is 18.3 Å². The molecule has 0 radical (unpaired) electrons. The van der Waals surface area contributed by atoms with E-state index in [1.54, 1.807) is 0 Å². The Morgan fingerprint density at radius 1 is 1.44 bits per heavy atom. The molecule has 1 aromatic rings. The van der Waals surface area contributed by atoms with E-state index in [4.69, 9.17) is 4.74 Å². The predicted octanol–water partition coefficient (Wildman–Crippen LogP) is 0.984. The molecule has 3 rings (SSSR count). The lowest BCUT2D eigenvalue weighted by Gasteiger charge is -2.39. The van der Waals surface area contributed by atoms with Gasteiger partial charge >= 0.3 is 0 Å². The number of rotatable bonds is 0. The molecule has 1 aromatic heterocycles. The van der Waals surface area contributed by atoms with E-state index in [1.165, 1.54) is 0 Å². The van der Waals surface area contributed by atoms with Crippen molar-refractivity contribution in [2.75, 3.05) is 38.2 Å². The van der Waals surface area contributed by atoms with Gasteiger partial charge in [-0.1, -0.05) is 0 Å². The Morgan fingerprint density at radius 2 is 2.38 bits per heavy atom. The Labute approximate surface area is 95.8 Å². The first-order chi connectivity index (χ1) is 7.84. The zero-order valence-corrected chi connectivity index (χ0v) is 9.59. The summed E-state index contributed by atoms with van der Waals surface area (Å²) >= 11 is 0. The third-order valence-corrected chi connectivity index (χ3v) is 3.42. The number of fused-ring (bicyclic) bond motifs is 3. The second-order valence-electron chi connectivity index (χ2n) is 4.57. The van der Waals surface area contributed by atoms with Crippen molar-refractivity contribution in [2.45, 2.75) is 12.5 Å². The van der Waals surface area contributed by atoms with Crippen molar-refractivity contribution in [2.24, 2.45) is 0 Å². The number of nitrogens with zero attached hydrogens (tertiary/aromatic N) is 3. The van der Waals surface area contributed by atoms with Crippen LogP contribution in [0.4, 0.5) is 5.82 Å². The number of aromatic nitrogens is 1. The molecule has 0 aromatic carbocycles. The molecule has 0 amide bonds. The fourth-order valence-electron chi connectivity index (χ4n) is 2.55. The third-order valence-electron chi connectivity index (χ3n) is 3.42. The highest BCUT2D eigenvalue weighted by molar-refractivity contribution is 5.54. The predicted molar refractivity (Wildman–Crippen MR) is 63.0 cm³/mol. The van der Waals surface area contributed by atoms with E-state index in [-0.39, 0.29) is 0 Å². The Kier molecular flexibility index (Phi) is 2.44. The fraction of sp³-hybridized carbons (Fsp3) is 0.583. The van der Waals surface area contributed by atoms with E-state index in [0.29, 0.717) is 6.04 Å². The van der Waals surface area contributed by atoms with Crippen molar-refractivity contribution in [3.8, 4) is 5.75 Å². The van der Waals surface area contributed by atoms with Crippen LogP contribution in [0.1, 0.15) is 6.42 Å². The topological polar surface area (TPSA) is 28.6 Å². The first-order valence-electron chi connectivity index (χ1n) is 5.87. The van der Waals surface area contributed by atoms with Crippen LogP contribution >= 0.6 is 0 Å². The van der Waals surface area contributed by atoms with Gasteiger partial charge in [0, 0.05) is 38.3 Å². The van der Waals surface area contributed by atoms with Gasteiger partial charge < -0.3 is 14.5 Å². The first-order valence-corrected chi connectivity index (χ1v) is 5.87. The van der Waals surface area contributed by atoms with Gasteiger partial charge in [-0.3, -0.25) is 0 Å². The minimum absolute atomic E-state index is 0.551. The Morgan fingerprint density at radius 3 is 3.31 bits per heavy atom. The van der Waals surface area contributed by atoms with E-state index >= 15 is 0 Å². The Bertz CT molecular complexity index is 382. The van der Waals surface area contributed by atoms with Crippen LogP contribution in [-0.4, -0.2) is 49.2 Å². The smallest absolute Gasteiger partial charge is 0.171 e. The molecule has 0 unspecified atom stereocenters. The average Bonchev–Trinajstić information content (AvgIpc) is 2.47. The quantitative estimate of drug-likeness (QED) is 0.650. The molecule has 0 N–H and O–H groups in total. The van der Waals surface area contributed by atoms with Gasteiger partial charge in [0.05, 0.1) is 6.61 Å². The maximum Gasteiger partial charge on any atom is 0.171 e. The summed E-state index contributed by atoms with van der Waals surface area (Å²) in [6.45, 7) is 4.06. The minimum Gasteiger partial charge on any atom is -0.490 e. The molecule has 1 saturated heterocycles. The molecule has 0 saturated carbocycles. The summed E-state index contributed by atoms with van der Waals surface area (Å²) in [5, 5.41) is 0. The molecule has 0 bridgehead atoms. The molecule has 3 heterocycles. The van der Waals surface area contributed by atoms with Crippen LogP contribution < -0.4 is 9.64 Å². The van der Waals surface area contributed by atoms with Crippen molar-refractivity contribution in [1.29, 1.82) is 0 Å². The summed E-state index contributed by atoms with van der Waals surface area (Å²) in [6, 6.07) is 4.51. The van der Waals surface area contributed by atoms with Crippen LogP contribution in [0, 0.1) is 0 Å². The van der Waals surface area contributed by atoms with E-state index in [1.807, 2.05) is 18.3 Å². The summed E-state index contributed by atoms with van der Waals surface area (Å²) in [5.41, 5.74) is 0. The number of pyridine rings is 1. The largest absolute Gasteiger partial charge is 0.490 e. The molecule has 0 spiro atoms. The van der Waals surface area contributed by atoms with Gasteiger partial charge in [-0.15, -0.1) is 0 Å². The van der Waals surface area contributed by atoms with E-state index in [0.717, 1.165) is 44.2 Å². The summed E-state index contributed by atoms with van der Waals surface area (Å²) in [4.78, 5) is 9.26. The summed E-state index contributed by atoms with van der Waals surface area (Å²) in [5.74, 6) is 1.97. The minimum atomic E-state index is 0.551. The molecule has 2 aliphatic heterocycles. The summed E-state index contributed by atoms with van der Waals surface area (Å²) in [6.07, 6.45) is 2.93. The van der Waals surface area contributed by atoms with Gasteiger partial charge in [0.15, 0.2) is 11.6 Å². The molecule has 4 heteroatoms. The number of piperazine rings is 1. The van der Waals surface area contributed by atoms with Crippen molar-refractivity contribution < 1.29 is 4.74 Å². The van der Waals surface area contributed by atoms with Gasteiger partial charge in [0.2, 0.25) is 0 Å². The lowest BCUT2D eigenvalue weighted by molar-refractivity contribution is 0.242. The van der Waals surface area contributed by atoms with Gasteiger partial charge in [-0.25, -0.2) is 4.98 Å². The second-order valence-corrected chi connectivity index (χ2v) is 4.57. The van der Waals surface area contributed by atoms with E-state index < -0.39 is 0 Å². The maximum atomic E-state index is 5.75. The molecule has 0 aliphatic carbocycles. The van der Waals surface area contributed by atoms with Gasteiger partial charge in [-0.05, 0) is 19.2 Å². The molecule has 1 atom stereocenters. The lowest BCUT2D eigenvalue weighted by atomic mass is 10.1. The monoisotopic (exact) mass is 219 g/mol. The summed E-state index contributed by atoms with van der Waals surface area (Å²) in [7, 11) is 2.18. The zero-order chi connectivity index (χ0) is 11.0. The van der Waals surface area contributed by atoms with Gasteiger partial charge in [0.25, 0.3) is 0 Å². The van der Waals surface area contributed by atoms with Gasteiger partial charge in [0.1, 0.15) is 0 Å². The number of ether oxygens (including phenoxy) is 1. The first kappa shape index (κ1) is 9.90. The van der Waals surface area contributed by atoms with E-state index in [9.17, 15) is 0 Å². The van der Waals surface area contributed by atoms with Crippen molar-refractivity contribution in [3.05, 3.63) is 18.3 Å². The number of anilines is 1. The third kappa shape index (κ3) is 1.63. The standard InChI is InChI=1S/C12H17N3O/c1-14-6-7-15-10(9-14)4-8-16-11-3-2-5-13-12(11)15/h2-3,5,10H,4,6-9H2,1H3/t10-/m1/s1. The number of hydrogen-bond acceptors (Lipinski definition) is 4. The molecular weight excluding hydrogens is 202 g/mol. The van der Waals surface area contributed by atoms with Crippen molar-refractivity contribution in [3.63, 3.8) is 0 Å². The maximum absolute atomic E-state index is 5.75.